The molecule has 1 aromatic carbocycles. The molecule has 3 N–H and O–H groups in total. The summed E-state index contributed by atoms with van der Waals surface area (Å²) in [6.45, 7) is 3.75. The van der Waals surface area contributed by atoms with Gasteiger partial charge in [-0.25, -0.2) is 0 Å². The molecule has 82 valence electrons. The maximum absolute atomic E-state index is 11.2. The highest BCUT2D eigenvalue weighted by molar-refractivity contribution is 6.13. The van der Waals surface area contributed by atoms with Gasteiger partial charge in [-0.05, 0) is 12.1 Å². The first-order valence-corrected chi connectivity index (χ1v) is 4.69. The third-order valence-electron chi connectivity index (χ3n) is 1.57. The van der Waals surface area contributed by atoms with Crippen molar-refractivity contribution in [2.45, 2.75) is 13.8 Å². The number of hydrogen-bond acceptors (Lipinski definition) is 3. The lowest BCUT2D eigenvalue weighted by Crippen LogP contribution is -2.17. The molecule has 0 aromatic heterocycles. The number of nitrogens with one attached hydrogen (secondary N) is 1. The zero-order valence-corrected chi connectivity index (χ0v) is 8.97. The molecule has 0 spiro atoms. The summed E-state index contributed by atoms with van der Waals surface area (Å²) in [6, 6.07) is 9.47. The predicted molar refractivity (Wildman–Crippen MR) is 61.5 cm³/mol. The van der Waals surface area contributed by atoms with Gasteiger partial charge in [0.1, 0.15) is 0 Å². The molecule has 0 aliphatic carbocycles. The van der Waals surface area contributed by atoms with Gasteiger partial charge >= 0.3 is 7.69 Å². The summed E-state index contributed by atoms with van der Waals surface area (Å²) < 4.78 is 0. The minimum absolute atomic E-state index is 0.0326. The van der Waals surface area contributed by atoms with E-state index in [1.165, 1.54) is 0 Å². The Kier molecular flexibility index (Phi) is 7.31. The van der Waals surface area contributed by atoms with Gasteiger partial charge in [-0.2, -0.15) is 0 Å². The molecule has 0 aliphatic heterocycles. The normalized spacial score (nSPS) is 8.87. The summed E-state index contributed by atoms with van der Waals surface area (Å²) in [6.07, 6.45) is 0. The van der Waals surface area contributed by atoms with E-state index in [4.69, 9.17) is 10.0 Å². The van der Waals surface area contributed by atoms with Crippen molar-refractivity contribution < 1.29 is 14.8 Å². The number of benzene rings is 1. The van der Waals surface area contributed by atoms with Crippen LogP contribution in [0.2, 0.25) is 0 Å². The standard InChI is InChI=1S/C10H13NO.BH3O2/c1-8(2)10(12)11-9-6-4-3-5-7-9;2-1-3/h3-8H,1-2H3,(H,11,12);1-3H. The molecule has 1 aromatic rings. The Morgan fingerprint density at radius 2 is 1.73 bits per heavy atom. The van der Waals surface area contributed by atoms with Gasteiger partial charge in [0, 0.05) is 11.6 Å². The Morgan fingerprint density at radius 1 is 1.27 bits per heavy atom. The van der Waals surface area contributed by atoms with E-state index < -0.39 is 7.69 Å². The Labute approximate surface area is 90.3 Å². The van der Waals surface area contributed by atoms with E-state index in [1.54, 1.807) is 0 Å². The van der Waals surface area contributed by atoms with Crippen molar-refractivity contribution >= 4 is 19.3 Å². The van der Waals surface area contributed by atoms with E-state index in [1.807, 2.05) is 44.2 Å². The Bertz CT molecular complexity index is 277. The van der Waals surface area contributed by atoms with Crippen LogP contribution < -0.4 is 5.32 Å². The summed E-state index contributed by atoms with van der Waals surface area (Å²) in [5.41, 5.74) is 0.858. The molecule has 0 heterocycles. The van der Waals surface area contributed by atoms with Crippen molar-refractivity contribution in [1.29, 1.82) is 0 Å². The highest BCUT2D eigenvalue weighted by Gasteiger charge is 2.05. The minimum Gasteiger partial charge on any atom is -0.430 e. The van der Waals surface area contributed by atoms with E-state index in [9.17, 15) is 4.79 Å². The van der Waals surface area contributed by atoms with Crippen LogP contribution in [-0.2, 0) is 4.79 Å². The fourth-order valence-corrected chi connectivity index (χ4v) is 0.808. The van der Waals surface area contributed by atoms with E-state index in [-0.39, 0.29) is 11.8 Å². The van der Waals surface area contributed by atoms with Gasteiger partial charge < -0.3 is 15.4 Å². The van der Waals surface area contributed by atoms with Crippen molar-refractivity contribution in [3.63, 3.8) is 0 Å². The lowest BCUT2D eigenvalue weighted by atomic mass is 10.2. The summed E-state index contributed by atoms with van der Waals surface area (Å²) >= 11 is 0. The zero-order chi connectivity index (χ0) is 11.7. The molecule has 4 nitrogen and oxygen atoms in total. The zero-order valence-electron chi connectivity index (χ0n) is 8.97. The van der Waals surface area contributed by atoms with Crippen molar-refractivity contribution in [1.82, 2.24) is 0 Å². The van der Waals surface area contributed by atoms with Gasteiger partial charge in [0.25, 0.3) is 0 Å². The monoisotopic (exact) mass is 209 g/mol. The lowest BCUT2D eigenvalue weighted by Gasteiger charge is -2.06. The van der Waals surface area contributed by atoms with E-state index >= 15 is 0 Å². The van der Waals surface area contributed by atoms with E-state index in [2.05, 4.69) is 5.32 Å². The first kappa shape index (κ1) is 13.7. The summed E-state index contributed by atoms with van der Waals surface area (Å²) in [5, 5.41) is 17.1. The second kappa shape index (κ2) is 8.02. The molecule has 0 radical (unpaired) electrons. The average molecular weight is 209 g/mol. The van der Waals surface area contributed by atoms with E-state index in [0.717, 1.165) is 5.69 Å². The van der Waals surface area contributed by atoms with Crippen LogP contribution in [0.5, 0.6) is 0 Å². The van der Waals surface area contributed by atoms with Crippen molar-refractivity contribution in [3.05, 3.63) is 30.3 Å². The highest BCUT2D eigenvalue weighted by Crippen LogP contribution is 2.06. The first-order chi connectivity index (χ1) is 7.11. The smallest absolute Gasteiger partial charge is 0.430 e. The van der Waals surface area contributed by atoms with Gasteiger partial charge in [-0.1, -0.05) is 32.0 Å². The molecule has 5 heteroatoms. The quantitative estimate of drug-likeness (QED) is 0.622. The summed E-state index contributed by atoms with van der Waals surface area (Å²) in [4.78, 5) is 11.2. The number of amides is 1. The minimum atomic E-state index is -0.750. The lowest BCUT2D eigenvalue weighted by molar-refractivity contribution is -0.118. The Morgan fingerprint density at radius 3 is 2.13 bits per heavy atom. The van der Waals surface area contributed by atoms with E-state index in [0.29, 0.717) is 0 Å². The molecule has 0 saturated carbocycles. The van der Waals surface area contributed by atoms with Gasteiger partial charge in [-0.3, -0.25) is 4.79 Å². The topological polar surface area (TPSA) is 69.6 Å². The highest BCUT2D eigenvalue weighted by atomic mass is 16.4. The molecule has 0 atom stereocenters. The van der Waals surface area contributed by atoms with Crippen LogP contribution in [0.25, 0.3) is 0 Å². The van der Waals surface area contributed by atoms with Crippen LogP contribution >= 0.6 is 0 Å². The number of hydrogen-bond donors (Lipinski definition) is 3. The fraction of sp³-hybridized carbons (Fsp3) is 0.300. The molecular weight excluding hydrogens is 193 g/mol. The van der Waals surface area contributed by atoms with Crippen LogP contribution in [0.1, 0.15) is 13.8 Å². The van der Waals surface area contributed by atoms with Crippen LogP contribution in [0.15, 0.2) is 30.3 Å². The summed E-state index contributed by atoms with van der Waals surface area (Å²) in [5.74, 6) is 0.0893. The molecular formula is C10H16BNO3. The molecule has 0 bridgehead atoms. The molecule has 0 fully saturated rings. The number of carbonyl (C=O) groups is 1. The maximum Gasteiger partial charge on any atom is 0.432 e. The second-order valence-corrected chi connectivity index (χ2v) is 3.15. The van der Waals surface area contributed by atoms with Crippen molar-refractivity contribution in [2.24, 2.45) is 5.92 Å². The average Bonchev–Trinajstić information content (AvgIpc) is 2.20. The number of para-hydroxylation sites is 1. The first-order valence-electron chi connectivity index (χ1n) is 4.69. The van der Waals surface area contributed by atoms with Crippen LogP contribution in [-0.4, -0.2) is 23.6 Å². The van der Waals surface area contributed by atoms with Gasteiger partial charge in [0.15, 0.2) is 0 Å². The number of carbonyl (C=O) groups excluding carboxylic acids is 1. The van der Waals surface area contributed by atoms with Crippen molar-refractivity contribution in [2.75, 3.05) is 5.32 Å². The number of anilines is 1. The van der Waals surface area contributed by atoms with Crippen LogP contribution in [0.4, 0.5) is 5.69 Å². The third-order valence-corrected chi connectivity index (χ3v) is 1.57. The third kappa shape index (κ3) is 6.71. The molecule has 1 rings (SSSR count). The molecule has 0 unspecified atom stereocenters. The van der Waals surface area contributed by atoms with Crippen molar-refractivity contribution in [3.8, 4) is 0 Å². The predicted octanol–water partition coefficient (Wildman–Crippen LogP) is 0.519. The molecule has 0 saturated heterocycles. The number of rotatable bonds is 2. The van der Waals surface area contributed by atoms with Gasteiger partial charge in [0.05, 0.1) is 0 Å². The maximum atomic E-state index is 11.2. The Balaban J connectivity index is 0.000000583. The van der Waals surface area contributed by atoms with Gasteiger partial charge in [0.2, 0.25) is 5.91 Å². The van der Waals surface area contributed by atoms with Crippen LogP contribution in [0, 0.1) is 5.92 Å². The molecule has 15 heavy (non-hydrogen) atoms. The largest absolute Gasteiger partial charge is 0.432 e. The second-order valence-electron chi connectivity index (χ2n) is 3.15. The Hall–Kier alpha value is -1.33. The molecule has 1 amide bonds. The van der Waals surface area contributed by atoms with Gasteiger partial charge in [-0.15, -0.1) is 0 Å². The SMILES string of the molecule is CC(C)C(=O)Nc1ccccc1.OBO. The fourth-order valence-electron chi connectivity index (χ4n) is 0.808. The molecule has 0 aliphatic rings. The summed E-state index contributed by atoms with van der Waals surface area (Å²) in [7, 11) is -0.750. The van der Waals surface area contributed by atoms with Crippen LogP contribution in [0.3, 0.4) is 0 Å².